The van der Waals surface area contributed by atoms with E-state index in [0.717, 1.165) is 60.6 Å². The van der Waals surface area contributed by atoms with Crippen LogP contribution in [0.3, 0.4) is 0 Å². The largest absolute Gasteiger partial charge is 0.497 e. The number of nitrogens with zero attached hydrogens (tertiary/aromatic N) is 3. The van der Waals surface area contributed by atoms with Crippen LogP contribution in [-0.2, 0) is 11.2 Å². The van der Waals surface area contributed by atoms with Crippen molar-refractivity contribution in [3.63, 3.8) is 0 Å². The Bertz CT molecular complexity index is 1030. The highest BCUT2D eigenvalue weighted by molar-refractivity contribution is 5.84. The van der Waals surface area contributed by atoms with Crippen molar-refractivity contribution in [2.24, 2.45) is 0 Å². The summed E-state index contributed by atoms with van der Waals surface area (Å²) in [6.45, 7) is 2.59. The van der Waals surface area contributed by atoms with Gasteiger partial charge in [-0.2, -0.15) is 0 Å². The molecule has 0 bridgehead atoms. The normalized spacial score (nSPS) is 19.8. The van der Waals surface area contributed by atoms with E-state index in [4.69, 9.17) is 4.74 Å². The number of carbonyl (C=O) groups is 1. The van der Waals surface area contributed by atoms with Gasteiger partial charge in [-0.15, -0.1) is 0 Å². The molecule has 1 aromatic heterocycles. The van der Waals surface area contributed by atoms with Crippen LogP contribution in [0.15, 0.2) is 60.9 Å². The molecule has 2 aliphatic heterocycles. The van der Waals surface area contributed by atoms with Gasteiger partial charge in [-0.25, -0.2) is 4.98 Å². The van der Waals surface area contributed by atoms with Crippen LogP contribution in [0.4, 0.5) is 0 Å². The average Bonchev–Trinajstić information content (AvgIpc) is 3.52. The first-order valence-electron chi connectivity index (χ1n) is 11.0. The molecule has 5 rings (SSSR count). The van der Waals surface area contributed by atoms with E-state index >= 15 is 0 Å². The number of fused-ring (bicyclic) bond motifs is 1. The monoisotopic (exact) mass is 416 g/mol. The molecular formula is C25H28N4O2. The SMILES string of the molecule is COc1ccc([C@H]2c3nc[nH]c3CCN2C(=O)[C@@H](c2ccccc2)N2CCCC2)cc1. The van der Waals surface area contributed by atoms with Crippen molar-refractivity contribution in [2.75, 3.05) is 26.7 Å². The number of aromatic amines is 1. The molecule has 0 radical (unpaired) electrons. The molecule has 3 heterocycles. The fourth-order valence-electron chi connectivity index (χ4n) is 4.94. The minimum Gasteiger partial charge on any atom is -0.497 e. The Balaban J connectivity index is 1.54. The van der Waals surface area contributed by atoms with Gasteiger partial charge >= 0.3 is 0 Å². The Morgan fingerprint density at radius 2 is 1.81 bits per heavy atom. The molecule has 1 N–H and O–H groups in total. The third-order valence-corrected chi connectivity index (χ3v) is 6.49. The number of ether oxygens (including phenoxy) is 1. The first-order valence-corrected chi connectivity index (χ1v) is 11.0. The smallest absolute Gasteiger partial charge is 0.245 e. The molecular weight excluding hydrogens is 388 g/mol. The highest BCUT2D eigenvalue weighted by atomic mass is 16.5. The van der Waals surface area contributed by atoms with Crippen molar-refractivity contribution in [3.05, 3.63) is 83.4 Å². The third-order valence-electron chi connectivity index (χ3n) is 6.49. The summed E-state index contributed by atoms with van der Waals surface area (Å²) >= 11 is 0. The lowest BCUT2D eigenvalue weighted by molar-refractivity contribution is -0.139. The zero-order valence-corrected chi connectivity index (χ0v) is 17.8. The van der Waals surface area contributed by atoms with Crippen molar-refractivity contribution in [3.8, 4) is 5.75 Å². The van der Waals surface area contributed by atoms with Crippen molar-refractivity contribution in [1.82, 2.24) is 19.8 Å². The van der Waals surface area contributed by atoms with Gasteiger partial charge < -0.3 is 14.6 Å². The molecule has 2 aliphatic rings. The van der Waals surface area contributed by atoms with Gasteiger partial charge in [0.25, 0.3) is 0 Å². The van der Waals surface area contributed by atoms with Crippen molar-refractivity contribution >= 4 is 5.91 Å². The zero-order chi connectivity index (χ0) is 21.2. The van der Waals surface area contributed by atoms with Gasteiger partial charge in [0.2, 0.25) is 5.91 Å². The number of carbonyl (C=O) groups excluding carboxylic acids is 1. The second-order valence-electron chi connectivity index (χ2n) is 8.28. The minimum absolute atomic E-state index is 0.155. The van der Waals surface area contributed by atoms with Crippen LogP contribution in [0, 0.1) is 0 Å². The van der Waals surface area contributed by atoms with E-state index in [9.17, 15) is 4.79 Å². The molecule has 1 fully saturated rings. The van der Waals surface area contributed by atoms with Gasteiger partial charge in [-0.1, -0.05) is 42.5 Å². The zero-order valence-electron chi connectivity index (χ0n) is 17.8. The maximum Gasteiger partial charge on any atom is 0.245 e. The number of aromatic nitrogens is 2. The summed E-state index contributed by atoms with van der Waals surface area (Å²) < 4.78 is 5.34. The predicted molar refractivity (Wildman–Crippen MR) is 119 cm³/mol. The molecule has 1 amide bonds. The van der Waals surface area contributed by atoms with E-state index in [-0.39, 0.29) is 18.0 Å². The number of hydrogen-bond donors (Lipinski definition) is 1. The van der Waals surface area contributed by atoms with Crippen LogP contribution in [0.5, 0.6) is 5.75 Å². The molecule has 2 atom stereocenters. The molecule has 0 aliphatic carbocycles. The molecule has 3 aromatic rings. The second-order valence-corrected chi connectivity index (χ2v) is 8.28. The number of benzene rings is 2. The van der Waals surface area contributed by atoms with Crippen LogP contribution in [0.25, 0.3) is 0 Å². The fraction of sp³-hybridized carbons (Fsp3) is 0.360. The van der Waals surface area contributed by atoms with E-state index < -0.39 is 0 Å². The van der Waals surface area contributed by atoms with Gasteiger partial charge in [-0.05, 0) is 49.2 Å². The Morgan fingerprint density at radius 1 is 1.06 bits per heavy atom. The summed E-state index contributed by atoms with van der Waals surface area (Å²) in [5.41, 5.74) is 4.17. The summed E-state index contributed by atoms with van der Waals surface area (Å²) in [6, 6.07) is 17.7. The Hall–Kier alpha value is -3.12. The topological polar surface area (TPSA) is 61.5 Å². The van der Waals surface area contributed by atoms with Crippen LogP contribution in [0.2, 0.25) is 0 Å². The molecule has 2 aromatic carbocycles. The summed E-state index contributed by atoms with van der Waals surface area (Å²) in [5, 5.41) is 0. The van der Waals surface area contributed by atoms with Crippen molar-refractivity contribution in [2.45, 2.75) is 31.3 Å². The number of hydrogen-bond acceptors (Lipinski definition) is 4. The molecule has 6 heteroatoms. The summed E-state index contributed by atoms with van der Waals surface area (Å²) in [7, 11) is 1.66. The molecule has 0 saturated carbocycles. The quantitative estimate of drug-likeness (QED) is 0.689. The van der Waals surface area contributed by atoms with Crippen LogP contribution >= 0.6 is 0 Å². The lowest BCUT2D eigenvalue weighted by Gasteiger charge is -2.39. The number of imidazole rings is 1. The molecule has 6 nitrogen and oxygen atoms in total. The predicted octanol–water partition coefficient (Wildman–Crippen LogP) is 3.73. The first-order chi connectivity index (χ1) is 15.3. The minimum atomic E-state index is -0.259. The lowest BCUT2D eigenvalue weighted by Crippen LogP contribution is -2.47. The number of rotatable bonds is 5. The van der Waals surface area contributed by atoms with E-state index in [1.165, 1.54) is 0 Å². The van der Waals surface area contributed by atoms with Gasteiger partial charge in [0.1, 0.15) is 17.8 Å². The molecule has 160 valence electrons. The lowest BCUT2D eigenvalue weighted by atomic mass is 9.93. The van der Waals surface area contributed by atoms with Crippen LogP contribution < -0.4 is 4.74 Å². The Kier molecular flexibility index (Phi) is 5.47. The summed E-state index contributed by atoms with van der Waals surface area (Å²) in [6.07, 6.45) is 4.81. The average molecular weight is 417 g/mol. The number of nitrogens with one attached hydrogen (secondary N) is 1. The molecule has 1 saturated heterocycles. The maximum atomic E-state index is 14.1. The van der Waals surface area contributed by atoms with E-state index in [1.807, 2.05) is 47.4 Å². The summed E-state index contributed by atoms with van der Waals surface area (Å²) in [5.74, 6) is 0.960. The third kappa shape index (κ3) is 3.72. The highest BCUT2D eigenvalue weighted by Gasteiger charge is 2.39. The van der Waals surface area contributed by atoms with Gasteiger partial charge in [0.05, 0.1) is 19.1 Å². The van der Waals surface area contributed by atoms with Crippen LogP contribution in [0.1, 0.15) is 47.4 Å². The fourth-order valence-corrected chi connectivity index (χ4v) is 4.94. The number of H-pyrrole nitrogens is 1. The Labute approximate surface area is 182 Å². The van der Waals surface area contributed by atoms with E-state index in [0.29, 0.717) is 6.54 Å². The van der Waals surface area contributed by atoms with Crippen molar-refractivity contribution < 1.29 is 9.53 Å². The Morgan fingerprint density at radius 3 is 2.52 bits per heavy atom. The van der Waals surface area contributed by atoms with Gasteiger partial charge in [-0.3, -0.25) is 9.69 Å². The molecule has 0 unspecified atom stereocenters. The van der Waals surface area contributed by atoms with E-state index in [2.05, 4.69) is 27.0 Å². The number of amides is 1. The standard InChI is InChI=1S/C25H28N4O2/c1-31-20-11-9-19(10-12-20)23-22-21(26-17-27-22)13-16-29(23)25(30)24(28-14-5-6-15-28)18-7-3-2-4-8-18/h2-4,7-12,17,23-24H,5-6,13-16H2,1H3,(H,26,27)/t23-,24+/m0/s1. The van der Waals surface area contributed by atoms with Gasteiger partial charge in [0.15, 0.2) is 0 Å². The molecule has 31 heavy (non-hydrogen) atoms. The second kappa shape index (κ2) is 8.55. The summed E-state index contributed by atoms with van der Waals surface area (Å²) in [4.78, 5) is 26.4. The van der Waals surface area contributed by atoms with E-state index in [1.54, 1.807) is 13.4 Å². The number of likely N-dealkylation sites (tertiary alicyclic amines) is 1. The number of methoxy groups -OCH3 is 1. The van der Waals surface area contributed by atoms with Gasteiger partial charge in [0, 0.05) is 18.7 Å². The maximum absolute atomic E-state index is 14.1. The van der Waals surface area contributed by atoms with Crippen molar-refractivity contribution in [1.29, 1.82) is 0 Å². The first kappa shape index (κ1) is 19.8. The van der Waals surface area contributed by atoms with Crippen LogP contribution in [-0.4, -0.2) is 52.4 Å². The molecule has 0 spiro atoms. The highest BCUT2D eigenvalue weighted by Crippen LogP contribution is 2.37.